The molecule has 0 amide bonds. The van der Waals surface area contributed by atoms with Crippen molar-refractivity contribution in [1.29, 1.82) is 0 Å². The van der Waals surface area contributed by atoms with Gasteiger partial charge in [-0.1, -0.05) is 25.1 Å². The van der Waals surface area contributed by atoms with Crippen LogP contribution in [0.1, 0.15) is 30.9 Å². The van der Waals surface area contributed by atoms with Crippen molar-refractivity contribution in [2.75, 3.05) is 18.0 Å². The van der Waals surface area contributed by atoms with Gasteiger partial charge < -0.3 is 10.0 Å². The topological polar surface area (TPSA) is 118 Å². The van der Waals surface area contributed by atoms with E-state index in [0.717, 1.165) is 47.3 Å². The smallest absolute Gasteiger partial charge is 0.335 e. The van der Waals surface area contributed by atoms with Crippen LogP contribution in [0, 0.1) is 0 Å². The van der Waals surface area contributed by atoms with Gasteiger partial charge in [-0.2, -0.15) is 0 Å². The lowest BCUT2D eigenvalue weighted by molar-refractivity contribution is 0.429. The summed E-state index contributed by atoms with van der Waals surface area (Å²) in [7, 11) is 3.43. The van der Waals surface area contributed by atoms with Gasteiger partial charge in [-0.05, 0) is 43.0 Å². The third-order valence-electron chi connectivity index (χ3n) is 6.88. The fourth-order valence-electron chi connectivity index (χ4n) is 4.88. The van der Waals surface area contributed by atoms with E-state index in [4.69, 9.17) is 0 Å². The van der Waals surface area contributed by atoms with E-state index in [1.807, 2.05) is 31.2 Å². The summed E-state index contributed by atoms with van der Waals surface area (Å²) in [5.74, 6) is -0.482. The normalized spacial score (nSPS) is 13.9. The predicted octanol–water partition coefficient (Wildman–Crippen LogP) is 2.33. The minimum Gasteiger partial charge on any atom is -0.493 e. The highest BCUT2D eigenvalue weighted by Crippen LogP contribution is 2.35. The van der Waals surface area contributed by atoms with Crippen LogP contribution in [0.3, 0.4) is 0 Å². The van der Waals surface area contributed by atoms with Crippen molar-refractivity contribution in [2.45, 2.75) is 26.2 Å². The fraction of sp³-hybridized carbons (Fsp3) is 0.308. The summed E-state index contributed by atoms with van der Waals surface area (Å²) in [6, 6.07) is 11.0. The van der Waals surface area contributed by atoms with E-state index < -0.39 is 17.1 Å². The van der Waals surface area contributed by atoms with Crippen molar-refractivity contribution in [1.82, 2.24) is 18.7 Å². The highest BCUT2D eigenvalue weighted by Gasteiger charge is 2.20. The van der Waals surface area contributed by atoms with Gasteiger partial charge in [0.15, 0.2) is 0 Å². The molecular formula is C26H28N6O4. The number of imidazole rings is 1. The first kappa shape index (κ1) is 23.4. The van der Waals surface area contributed by atoms with E-state index in [2.05, 4.69) is 14.9 Å². The molecule has 1 aliphatic rings. The van der Waals surface area contributed by atoms with Gasteiger partial charge in [-0.15, -0.1) is 0 Å². The lowest BCUT2D eigenvalue weighted by Gasteiger charge is -2.20. The molecule has 0 atom stereocenters. The van der Waals surface area contributed by atoms with Crippen LogP contribution in [-0.4, -0.2) is 43.1 Å². The van der Waals surface area contributed by atoms with Gasteiger partial charge in [0.25, 0.3) is 5.56 Å². The molecule has 0 saturated carbocycles. The van der Waals surface area contributed by atoms with Crippen molar-refractivity contribution in [3.63, 3.8) is 0 Å². The molecule has 3 heterocycles. The molecule has 10 nitrogen and oxygen atoms in total. The molecule has 2 aromatic carbocycles. The maximum absolute atomic E-state index is 12.7. The SMILES string of the molecule is CCc1ccccc1-n1c(O)c(C=Nc2cc3c(cc2N2CCCC2)n(C)c(=O)n3C)c(=O)[nH]c1=O. The summed E-state index contributed by atoms with van der Waals surface area (Å²) in [5.41, 5.74) is 2.50. The Morgan fingerprint density at radius 3 is 2.36 bits per heavy atom. The monoisotopic (exact) mass is 488 g/mol. The van der Waals surface area contributed by atoms with Crippen LogP contribution in [0.2, 0.25) is 0 Å². The highest BCUT2D eigenvalue weighted by atomic mass is 16.3. The Balaban J connectivity index is 1.69. The van der Waals surface area contributed by atoms with Crippen LogP contribution < -0.4 is 21.8 Å². The number of nitrogens with zero attached hydrogens (tertiary/aromatic N) is 5. The molecule has 0 aliphatic carbocycles. The van der Waals surface area contributed by atoms with Crippen molar-refractivity contribution in [3.05, 3.63) is 78.8 Å². The first-order valence-electron chi connectivity index (χ1n) is 12.0. The van der Waals surface area contributed by atoms with Crippen molar-refractivity contribution in [2.24, 2.45) is 19.1 Å². The second kappa shape index (κ2) is 9.03. The lowest BCUT2D eigenvalue weighted by Crippen LogP contribution is -2.31. The molecule has 2 N–H and O–H groups in total. The summed E-state index contributed by atoms with van der Waals surface area (Å²) in [5, 5.41) is 11.0. The number of aromatic amines is 1. The van der Waals surface area contributed by atoms with E-state index in [1.165, 1.54) is 6.21 Å². The Morgan fingerprint density at radius 2 is 1.67 bits per heavy atom. The van der Waals surface area contributed by atoms with Crippen LogP contribution in [0.15, 0.2) is 55.8 Å². The number of aromatic nitrogens is 4. The minimum absolute atomic E-state index is 0.130. The number of fused-ring (bicyclic) bond motifs is 1. The quantitative estimate of drug-likeness (QED) is 0.418. The first-order valence-corrected chi connectivity index (χ1v) is 12.0. The summed E-state index contributed by atoms with van der Waals surface area (Å²) in [6.07, 6.45) is 4.02. The Hall–Kier alpha value is -4.34. The van der Waals surface area contributed by atoms with Crippen LogP contribution in [-0.2, 0) is 20.5 Å². The van der Waals surface area contributed by atoms with Gasteiger partial charge in [0.1, 0.15) is 5.56 Å². The number of H-pyrrole nitrogens is 1. The molecule has 36 heavy (non-hydrogen) atoms. The number of benzene rings is 2. The van der Waals surface area contributed by atoms with Crippen LogP contribution >= 0.6 is 0 Å². The molecule has 1 aliphatic heterocycles. The summed E-state index contributed by atoms with van der Waals surface area (Å²) < 4.78 is 4.24. The second-order valence-corrected chi connectivity index (χ2v) is 9.00. The lowest BCUT2D eigenvalue weighted by atomic mass is 10.1. The average Bonchev–Trinajstić information content (AvgIpc) is 3.47. The number of aromatic hydroxyl groups is 1. The third kappa shape index (κ3) is 3.74. The summed E-state index contributed by atoms with van der Waals surface area (Å²) in [6.45, 7) is 3.67. The Morgan fingerprint density at radius 1 is 1.00 bits per heavy atom. The Kier molecular flexibility index (Phi) is 5.87. The van der Waals surface area contributed by atoms with E-state index in [1.54, 1.807) is 35.4 Å². The first-order chi connectivity index (χ1) is 17.3. The maximum atomic E-state index is 12.7. The molecule has 1 saturated heterocycles. The second-order valence-electron chi connectivity index (χ2n) is 9.00. The van der Waals surface area contributed by atoms with Crippen LogP contribution in [0.5, 0.6) is 5.88 Å². The van der Waals surface area contributed by atoms with Crippen molar-refractivity contribution in [3.8, 4) is 11.6 Å². The maximum Gasteiger partial charge on any atom is 0.335 e. The van der Waals surface area contributed by atoms with Crippen molar-refractivity contribution < 1.29 is 5.11 Å². The van der Waals surface area contributed by atoms with Gasteiger partial charge in [-0.25, -0.2) is 14.2 Å². The van der Waals surface area contributed by atoms with Gasteiger partial charge >= 0.3 is 11.4 Å². The predicted molar refractivity (Wildman–Crippen MR) is 141 cm³/mol. The molecular weight excluding hydrogens is 460 g/mol. The zero-order chi connectivity index (χ0) is 25.6. The van der Waals surface area contributed by atoms with Gasteiger partial charge in [-0.3, -0.25) is 23.9 Å². The molecule has 0 spiro atoms. The zero-order valence-corrected chi connectivity index (χ0v) is 20.5. The van der Waals surface area contributed by atoms with E-state index in [-0.39, 0.29) is 11.3 Å². The number of aliphatic imine (C=N–C) groups is 1. The van der Waals surface area contributed by atoms with E-state index in [0.29, 0.717) is 23.3 Å². The summed E-state index contributed by atoms with van der Waals surface area (Å²) >= 11 is 0. The molecule has 186 valence electrons. The molecule has 5 rings (SSSR count). The Bertz CT molecular complexity index is 1680. The molecule has 2 aromatic heterocycles. The Labute approximate surface area is 206 Å². The molecule has 0 unspecified atom stereocenters. The largest absolute Gasteiger partial charge is 0.493 e. The highest BCUT2D eigenvalue weighted by molar-refractivity contribution is 5.92. The number of para-hydroxylation sites is 1. The molecule has 10 heteroatoms. The number of rotatable bonds is 5. The number of hydrogen-bond acceptors (Lipinski definition) is 6. The number of anilines is 1. The minimum atomic E-state index is -0.734. The van der Waals surface area contributed by atoms with Crippen LogP contribution in [0.4, 0.5) is 11.4 Å². The van der Waals surface area contributed by atoms with Crippen LogP contribution in [0.25, 0.3) is 16.7 Å². The van der Waals surface area contributed by atoms with Gasteiger partial charge in [0.2, 0.25) is 5.88 Å². The van der Waals surface area contributed by atoms with Gasteiger partial charge in [0, 0.05) is 33.4 Å². The molecule has 0 bridgehead atoms. The van der Waals surface area contributed by atoms with Crippen molar-refractivity contribution >= 4 is 28.6 Å². The molecule has 1 fully saturated rings. The average molecular weight is 489 g/mol. The molecule has 4 aromatic rings. The molecule has 0 radical (unpaired) electrons. The fourth-order valence-corrected chi connectivity index (χ4v) is 4.88. The zero-order valence-electron chi connectivity index (χ0n) is 20.5. The van der Waals surface area contributed by atoms with E-state index >= 15 is 0 Å². The standard InChI is InChI=1S/C26H28N6O4/c1-4-16-9-5-6-10-19(16)32-24(34)17(23(33)28-25(32)35)15-27-18-13-21-22(30(3)26(36)29(21)2)14-20(18)31-11-7-8-12-31/h5-6,9-10,13-15,34H,4,7-8,11-12H2,1-3H3,(H,28,33,35). The number of aryl methyl sites for hydroxylation is 3. The summed E-state index contributed by atoms with van der Waals surface area (Å²) in [4.78, 5) is 47.0. The number of nitrogens with one attached hydrogen (secondary N) is 1. The van der Waals surface area contributed by atoms with E-state index in [9.17, 15) is 19.5 Å². The number of hydrogen-bond donors (Lipinski definition) is 2. The van der Waals surface area contributed by atoms with Gasteiger partial charge in [0.05, 0.1) is 28.1 Å². The third-order valence-corrected chi connectivity index (χ3v) is 6.88.